The largest absolute Gasteiger partial charge is 0.399 e. The molecule has 84 valence electrons. The zero-order valence-electron chi connectivity index (χ0n) is 9.33. The van der Waals surface area contributed by atoms with Gasteiger partial charge in [-0.2, -0.15) is 0 Å². The van der Waals surface area contributed by atoms with Crippen molar-refractivity contribution >= 4 is 0 Å². The van der Waals surface area contributed by atoms with Gasteiger partial charge in [0.2, 0.25) is 0 Å². The Balaban J connectivity index is 2.42. The first-order valence-electron chi connectivity index (χ1n) is 5.36. The molecule has 0 heterocycles. The molecule has 0 radical (unpaired) electrons. The van der Waals surface area contributed by atoms with Crippen LogP contribution in [0.5, 0.6) is 0 Å². The summed E-state index contributed by atoms with van der Waals surface area (Å²) in [4.78, 5) is 0. The molecular formula is C12H20N2O. The molecular weight excluding hydrogens is 188 g/mol. The summed E-state index contributed by atoms with van der Waals surface area (Å²) in [5.41, 5.74) is 8.00. The van der Waals surface area contributed by atoms with Gasteiger partial charge in [-0.25, -0.2) is 0 Å². The van der Waals surface area contributed by atoms with Crippen LogP contribution in [0.15, 0.2) is 35.6 Å². The van der Waals surface area contributed by atoms with Crippen LogP contribution < -0.4 is 11.1 Å². The SMILES string of the molecule is COCCNCC1=C/C=C\CC/C=C\1N. The Morgan fingerprint density at radius 2 is 2.33 bits per heavy atom. The maximum Gasteiger partial charge on any atom is 0.0587 e. The normalized spacial score (nSPS) is 25.7. The van der Waals surface area contributed by atoms with Gasteiger partial charge in [0.1, 0.15) is 0 Å². The monoisotopic (exact) mass is 208 g/mol. The second-order valence-corrected chi connectivity index (χ2v) is 3.53. The van der Waals surface area contributed by atoms with E-state index in [4.69, 9.17) is 10.5 Å². The molecule has 3 N–H and O–H groups in total. The van der Waals surface area contributed by atoms with E-state index in [9.17, 15) is 0 Å². The van der Waals surface area contributed by atoms with E-state index in [-0.39, 0.29) is 0 Å². The molecule has 0 unspecified atom stereocenters. The highest BCUT2D eigenvalue weighted by Gasteiger charge is 2.00. The molecule has 0 aliphatic heterocycles. The van der Waals surface area contributed by atoms with Crippen molar-refractivity contribution in [2.45, 2.75) is 12.8 Å². The molecule has 15 heavy (non-hydrogen) atoms. The van der Waals surface area contributed by atoms with E-state index < -0.39 is 0 Å². The van der Waals surface area contributed by atoms with Crippen LogP contribution in [0, 0.1) is 0 Å². The minimum absolute atomic E-state index is 0.729. The Labute approximate surface area is 91.7 Å². The minimum Gasteiger partial charge on any atom is -0.399 e. The highest BCUT2D eigenvalue weighted by atomic mass is 16.5. The van der Waals surface area contributed by atoms with Gasteiger partial charge in [-0.3, -0.25) is 0 Å². The highest BCUT2D eigenvalue weighted by molar-refractivity contribution is 5.33. The highest BCUT2D eigenvalue weighted by Crippen LogP contribution is 2.09. The van der Waals surface area contributed by atoms with Crippen molar-refractivity contribution in [3.63, 3.8) is 0 Å². The summed E-state index contributed by atoms with van der Waals surface area (Å²) in [5.74, 6) is 0. The molecule has 3 heteroatoms. The van der Waals surface area contributed by atoms with Gasteiger partial charge >= 0.3 is 0 Å². The second-order valence-electron chi connectivity index (χ2n) is 3.53. The van der Waals surface area contributed by atoms with Gasteiger partial charge in [0.05, 0.1) is 6.61 Å². The third-order valence-electron chi connectivity index (χ3n) is 2.30. The average Bonchev–Trinajstić information content (AvgIpc) is 2.22. The number of hydrogen-bond acceptors (Lipinski definition) is 3. The van der Waals surface area contributed by atoms with Crippen molar-refractivity contribution in [3.05, 3.63) is 35.6 Å². The molecule has 0 aromatic heterocycles. The Kier molecular flexibility index (Phi) is 5.81. The van der Waals surface area contributed by atoms with Gasteiger partial charge < -0.3 is 15.8 Å². The average molecular weight is 208 g/mol. The molecule has 0 saturated carbocycles. The van der Waals surface area contributed by atoms with Crippen molar-refractivity contribution in [3.8, 4) is 0 Å². The lowest BCUT2D eigenvalue weighted by molar-refractivity contribution is 0.200. The van der Waals surface area contributed by atoms with Crippen molar-refractivity contribution in [1.82, 2.24) is 5.32 Å². The van der Waals surface area contributed by atoms with E-state index in [1.165, 1.54) is 0 Å². The Morgan fingerprint density at radius 1 is 1.47 bits per heavy atom. The van der Waals surface area contributed by atoms with Crippen LogP contribution in [0.4, 0.5) is 0 Å². The fourth-order valence-corrected chi connectivity index (χ4v) is 1.40. The summed E-state index contributed by atoms with van der Waals surface area (Å²) in [6, 6.07) is 0. The molecule has 3 nitrogen and oxygen atoms in total. The van der Waals surface area contributed by atoms with Crippen LogP contribution in [-0.2, 0) is 4.74 Å². The fourth-order valence-electron chi connectivity index (χ4n) is 1.40. The Morgan fingerprint density at radius 3 is 3.13 bits per heavy atom. The maximum absolute atomic E-state index is 5.95. The van der Waals surface area contributed by atoms with Crippen LogP contribution >= 0.6 is 0 Å². The lowest BCUT2D eigenvalue weighted by Crippen LogP contribution is -2.23. The summed E-state index contributed by atoms with van der Waals surface area (Å²) in [6.07, 6.45) is 10.5. The predicted octanol–water partition coefficient (Wildman–Crippen LogP) is 1.34. The van der Waals surface area contributed by atoms with E-state index in [2.05, 4.69) is 29.6 Å². The van der Waals surface area contributed by atoms with E-state index in [1.807, 2.05) is 0 Å². The number of methoxy groups -OCH3 is 1. The van der Waals surface area contributed by atoms with Crippen LogP contribution in [-0.4, -0.2) is 26.8 Å². The van der Waals surface area contributed by atoms with Crippen LogP contribution in [0.25, 0.3) is 0 Å². The van der Waals surface area contributed by atoms with Gasteiger partial charge in [0.15, 0.2) is 0 Å². The minimum atomic E-state index is 0.729. The van der Waals surface area contributed by atoms with E-state index >= 15 is 0 Å². The lowest BCUT2D eigenvalue weighted by Gasteiger charge is -2.10. The molecule has 0 aromatic carbocycles. The fraction of sp³-hybridized carbons (Fsp3) is 0.500. The smallest absolute Gasteiger partial charge is 0.0587 e. The lowest BCUT2D eigenvalue weighted by atomic mass is 10.1. The molecule has 0 spiro atoms. The number of hydrogen-bond donors (Lipinski definition) is 2. The van der Waals surface area contributed by atoms with Gasteiger partial charge in [-0.1, -0.05) is 24.3 Å². The van der Waals surface area contributed by atoms with Crippen molar-refractivity contribution in [2.24, 2.45) is 5.73 Å². The van der Waals surface area contributed by atoms with Crippen LogP contribution in [0.2, 0.25) is 0 Å². The van der Waals surface area contributed by atoms with Crippen molar-refractivity contribution < 1.29 is 4.74 Å². The standard InChI is InChI=1S/C12H20N2O/c1-15-9-8-14-10-11-6-4-2-3-5-7-12(11)13/h2,4,6-7,14H,3,5,8-10,13H2,1H3/b4-2-,11-6-,12-7+. The Bertz CT molecular complexity index is 267. The number of rotatable bonds is 5. The molecule has 0 fully saturated rings. The molecule has 0 bridgehead atoms. The molecule has 1 rings (SSSR count). The molecule has 0 aromatic rings. The Hall–Kier alpha value is -1.06. The predicted molar refractivity (Wildman–Crippen MR) is 63.5 cm³/mol. The summed E-state index contributed by atoms with van der Waals surface area (Å²) in [5, 5.41) is 3.29. The number of ether oxygens (including phenoxy) is 1. The van der Waals surface area contributed by atoms with Gasteiger partial charge in [-0.15, -0.1) is 0 Å². The van der Waals surface area contributed by atoms with Crippen LogP contribution in [0.1, 0.15) is 12.8 Å². The summed E-state index contributed by atoms with van der Waals surface area (Å²) in [6.45, 7) is 2.38. The number of allylic oxidation sites excluding steroid dienone is 4. The second kappa shape index (κ2) is 7.26. The van der Waals surface area contributed by atoms with E-state index in [0.29, 0.717) is 0 Å². The zero-order valence-corrected chi connectivity index (χ0v) is 9.33. The quantitative estimate of drug-likeness (QED) is 0.670. The summed E-state index contributed by atoms with van der Waals surface area (Å²) in [7, 11) is 1.70. The van der Waals surface area contributed by atoms with Crippen LogP contribution in [0.3, 0.4) is 0 Å². The van der Waals surface area contributed by atoms with E-state index in [1.54, 1.807) is 7.11 Å². The third kappa shape index (κ3) is 4.81. The van der Waals surface area contributed by atoms with E-state index in [0.717, 1.165) is 43.8 Å². The topological polar surface area (TPSA) is 47.3 Å². The third-order valence-corrected chi connectivity index (χ3v) is 2.30. The summed E-state index contributed by atoms with van der Waals surface area (Å²) < 4.78 is 4.96. The molecule has 0 saturated heterocycles. The number of nitrogens with one attached hydrogen (secondary N) is 1. The number of nitrogens with two attached hydrogens (primary N) is 1. The molecule has 0 atom stereocenters. The molecule has 0 amide bonds. The van der Waals surface area contributed by atoms with Crippen molar-refractivity contribution in [1.29, 1.82) is 0 Å². The zero-order chi connectivity index (χ0) is 10.9. The summed E-state index contributed by atoms with van der Waals surface area (Å²) >= 11 is 0. The maximum atomic E-state index is 5.95. The first-order chi connectivity index (χ1) is 7.34. The van der Waals surface area contributed by atoms with Crippen molar-refractivity contribution in [2.75, 3.05) is 26.8 Å². The van der Waals surface area contributed by atoms with Gasteiger partial charge in [-0.05, 0) is 18.4 Å². The first-order valence-corrected chi connectivity index (χ1v) is 5.36. The van der Waals surface area contributed by atoms with Gasteiger partial charge in [0, 0.05) is 25.9 Å². The molecule has 1 aliphatic rings. The first kappa shape index (κ1) is 12.0. The van der Waals surface area contributed by atoms with Gasteiger partial charge in [0.25, 0.3) is 0 Å². The molecule has 1 aliphatic carbocycles.